The van der Waals surface area contributed by atoms with E-state index >= 15 is 0 Å². The number of rotatable bonds is 3. The third-order valence-corrected chi connectivity index (χ3v) is 3.92. The van der Waals surface area contributed by atoms with Crippen LogP contribution < -0.4 is 5.43 Å². The lowest BCUT2D eigenvalue weighted by Gasteiger charge is -2.04. The zero-order valence-corrected chi connectivity index (χ0v) is 12.0. The predicted octanol–water partition coefficient (Wildman–Crippen LogP) is 3.52. The van der Waals surface area contributed by atoms with Crippen molar-refractivity contribution in [1.29, 1.82) is 0 Å². The van der Waals surface area contributed by atoms with Gasteiger partial charge in [-0.15, -0.1) is 11.3 Å². The summed E-state index contributed by atoms with van der Waals surface area (Å²) >= 11 is 1.66. The lowest BCUT2D eigenvalue weighted by atomic mass is 10.1. The molecule has 0 atom stereocenters. The molecular formula is C15H16N2OS. The fourth-order valence-electron chi connectivity index (χ4n) is 1.71. The van der Waals surface area contributed by atoms with Gasteiger partial charge in [0.05, 0.1) is 10.6 Å². The molecule has 4 heteroatoms. The highest BCUT2D eigenvalue weighted by atomic mass is 32.1. The van der Waals surface area contributed by atoms with Gasteiger partial charge in [-0.1, -0.05) is 18.2 Å². The molecule has 2 rings (SSSR count). The van der Waals surface area contributed by atoms with E-state index in [4.69, 9.17) is 0 Å². The Labute approximate surface area is 117 Å². The van der Waals surface area contributed by atoms with Gasteiger partial charge in [-0.25, -0.2) is 5.43 Å². The summed E-state index contributed by atoms with van der Waals surface area (Å²) < 4.78 is 0. The Morgan fingerprint density at radius 2 is 1.89 bits per heavy atom. The van der Waals surface area contributed by atoms with Crippen molar-refractivity contribution in [2.45, 2.75) is 20.8 Å². The molecule has 1 N–H and O–H groups in total. The molecule has 0 saturated heterocycles. The van der Waals surface area contributed by atoms with Gasteiger partial charge in [-0.05, 0) is 44.5 Å². The van der Waals surface area contributed by atoms with E-state index in [2.05, 4.69) is 10.5 Å². The molecule has 0 radical (unpaired) electrons. The van der Waals surface area contributed by atoms with Gasteiger partial charge in [0, 0.05) is 10.4 Å². The highest BCUT2D eigenvalue weighted by molar-refractivity contribution is 7.14. The lowest BCUT2D eigenvalue weighted by molar-refractivity contribution is 0.0954. The van der Waals surface area contributed by atoms with Crippen LogP contribution in [0.25, 0.3) is 0 Å². The van der Waals surface area contributed by atoms with Crippen LogP contribution in [-0.2, 0) is 0 Å². The summed E-state index contributed by atoms with van der Waals surface area (Å²) in [5.41, 5.74) is 5.02. The Hall–Kier alpha value is -1.94. The largest absolute Gasteiger partial charge is 0.271 e. The zero-order valence-electron chi connectivity index (χ0n) is 11.2. The second-order valence-corrected chi connectivity index (χ2v) is 5.65. The van der Waals surface area contributed by atoms with E-state index in [1.54, 1.807) is 17.4 Å². The third kappa shape index (κ3) is 3.29. The average Bonchev–Trinajstić information content (AvgIpc) is 2.83. The molecule has 0 saturated carbocycles. The first-order chi connectivity index (χ1) is 9.08. The molecule has 98 valence electrons. The van der Waals surface area contributed by atoms with Crippen molar-refractivity contribution in [1.82, 2.24) is 5.43 Å². The molecule has 0 bridgehead atoms. The lowest BCUT2D eigenvalue weighted by Crippen LogP contribution is -2.20. The fourth-order valence-corrected chi connectivity index (χ4v) is 2.52. The molecule has 0 aliphatic rings. The number of carbonyl (C=O) groups is 1. The minimum Gasteiger partial charge on any atom is -0.267 e. The number of hydrogen-bond acceptors (Lipinski definition) is 3. The summed E-state index contributed by atoms with van der Waals surface area (Å²) in [4.78, 5) is 14.3. The van der Waals surface area contributed by atoms with Gasteiger partial charge in [0.1, 0.15) is 0 Å². The van der Waals surface area contributed by atoms with Crippen molar-refractivity contribution in [3.05, 3.63) is 57.3 Å². The average molecular weight is 272 g/mol. The number of amides is 1. The summed E-state index contributed by atoms with van der Waals surface area (Å²) in [6, 6.07) is 11.5. The Morgan fingerprint density at radius 1 is 1.16 bits per heavy atom. The molecule has 0 spiro atoms. The Kier molecular flexibility index (Phi) is 4.12. The van der Waals surface area contributed by atoms with Crippen LogP contribution in [-0.4, -0.2) is 11.6 Å². The molecule has 3 nitrogen and oxygen atoms in total. The van der Waals surface area contributed by atoms with E-state index in [1.807, 2.05) is 51.1 Å². The fraction of sp³-hybridized carbons (Fsp3) is 0.200. The minimum absolute atomic E-state index is 0.175. The zero-order chi connectivity index (χ0) is 13.8. The maximum atomic E-state index is 12.0. The smallest absolute Gasteiger partial charge is 0.267 e. The maximum Gasteiger partial charge on any atom is 0.271 e. The number of thiophene rings is 1. The van der Waals surface area contributed by atoms with Gasteiger partial charge in [0.2, 0.25) is 0 Å². The third-order valence-electron chi connectivity index (χ3n) is 2.81. The van der Waals surface area contributed by atoms with Crippen LogP contribution in [0.2, 0.25) is 0 Å². The van der Waals surface area contributed by atoms with Crippen LogP contribution in [0.4, 0.5) is 0 Å². The predicted molar refractivity (Wildman–Crippen MR) is 79.9 cm³/mol. The normalized spacial score (nSPS) is 11.4. The van der Waals surface area contributed by atoms with Gasteiger partial charge >= 0.3 is 0 Å². The van der Waals surface area contributed by atoms with Crippen molar-refractivity contribution in [2.24, 2.45) is 5.10 Å². The minimum atomic E-state index is -0.175. The summed E-state index contributed by atoms with van der Waals surface area (Å²) in [6.45, 7) is 5.85. The molecule has 2 aromatic rings. The Morgan fingerprint density at radius 3 is 2.53 bits per heavy atom. The van der Waals surface area contributed by atoms with Gasteiger partial charge in [0.15, 0.2) is 0 Å². The Bertz CT molecular complexity index is 629. The summed E-state index contributed by atoms with van der Waals surface area (Å²) in [5.74, 6) is -0.175. The van der Waals surface area contributed by atoms with Crippen LogP contribution >= 0.6 is 11.3 Å². The van der Waals surface area contributed by atoms with Crippen LogP contribution in [0, 0.1) is 13.8 Å². The number of aryl methyl sites for hydroxylation is 2. The summed E-state index contributed by atoms with van der Waals surface area (Å²) in [7, 11) is 0. The van der Waals surface area contributed by atoms with E-state index in [0.717, 1.165) is 16.2 Å². The second kappa shape index (κ2) is 5.80. The monoisotopic (exact) mass is 272 g/mol. The number of nitrogens with zero attached hydrogens (tertiary/aromatic N) is 1. The molecule has 19 heavy (non-hydrogen) atoms. The first kappa shape index (κ1) is 13.5. The molecule has 1 heterocycles. The SMILES string of the molecule is C/C(=N/NC(=O)c1ccccc1C)c1ccc(C)s1. The molecule has 1 aromatic heterocycles. The van der Waals surface area contributed by atoms with E-state index in [0.29, 0.717) is 5.56 Å². The molecular weight excluding hydrogens is 256 g/mol. The second-order valence-electron chi connectivity index (χ2n) is 4.36. The first-order valence-electron chi connectivity index (χ1n) is 6.05. The van der Waals surface area contributed by atoms with E-state index in [9.17, 15) is 4.79 Å². The summed E-state index contributed by atoms with van der Waals surface area (Å²) in [6.07, 6.45) is 0. The van der Waals surface area contributed by atoms with E-state index in [1.165, 1.54) is 4.88 Å². The Balaban J connectivity index is 2.10. The van der Waals surface area contributed by atoms with Gasteiger partial charge in [-0.3, -0.25) is 4.79 Å². The quantitative estimate of drug-likeness (QED) is 0.674. The topological polar surface area (TPSA) is 41.5 Å². The molecule has 0 aliphatic carbocycles. The molecule has 0 unspecified atom stereocenters. The van der Waals surface area contributed by atoms with Crippen molar-refractivity contribution in [2.75, 3.05) is 0 Å². The summed E-state index contributed by atoms with van der Waals surface area (Å²) in [5, 5.41) is 4.15. The number of hydrazone groups is 1. The molecule has 1 amide bonds. The van der Waals surface area contributed by atoms with Gasteiger partial charge < -0.3 is 0 Å². The van der Waals surface area contributed by atoms with Crippen molar-refractivity contribution < 1.29 is 4.79 Å². The number of carbonyl (C=O) groups excluding carboxylic acids is 1. The van der Waals surface area contributed by atoms with Crippen molar-refractivity contribution in [3.63, 3.8) is 0 Å². The first-order valence-corrected chi connectivity index (χ1v) is 6.86. The number of benzene rings is 1. The van der Waals surface area contributed by atoms with Crippen LogP contribution in [0.3, 0.4) is 0 Å². The molecule has 0 fully saturated rings. The highest BCUT2D eigenvalue weighted by Gasteiger charge is 2.07. The maximum absolute atomic E-state index is 12.0. The van der Waals surface area contributed by atoms with Crippen LogP contribution in [0.15, 0.2) is 41.5 Å². The van der Waals surface area contributed by atoms with E-state index < -0.39 is 0 Å². The number of hydrogen-bond donors (Lipinski definition) is 1. The van der Waals surface area contributed by atoms with Gasteiger partial charge in [0.25, 0.3) is 5.91 Å². The van der Waals surface area contributed by atoms with Crippen molar-refractivity contribution >= 4 is 23.0 Å². The van der Waals surface area contributed by atoms with Gasteiger partial charge in [-0.2, -0.15) is 5.10 Å². The number of nitrogens with one attached hydrogen (secondary N) is 1. The standard InChI is InChI=1S/C15H16N2OS/c1-10-6-4-5-7-13(10)15(18)17-16-12(3)14-9-8-11(2)19-14/h4-9H,1-3H3,(H,17,18)/b16-12-. The highest BCUT2D eigenvalue weighted by Crippen LogP contribution is 2.15. The van der Waals surface area contributed by atoms with Crippen LogP contribution in [0.5, 0.6) is 0 Å². The van der Waals surface area contributed by atoms with E-state index in [-0.39, 0.29) is 5.91 Å². The van der Waals surface area contributed by atoms with Crippen LogP contribution in [0.1, 0.15) is 32.6 Å². The molecule has 0 aliphatic heterocycles. The van der Waals surface area contributed by atoms with Crippen molar-refractivity contribution in [3.8, 4) is 0 Å². The molecule has 1 aromatic carbocycles.